The van der Waals surface area contributed by atoms with Crippen molar-refractivity contribution in [2.24, 2.45) is 0 Å². The molecule has 152 valence electrons. The summed E-state index contributed by atoms with van der Waals surface area (Å²) in [5.74, 6) is 0.990. The van der Waals surface area contributed by atoms with Gasteiger partial charge in [-0.2, -0.15) is 0 Å². The Morgan fingerprint density at radius 2 is 2.07 bits per heavy atom. The predicted octanol–water partition coefficient (Wildman–Crippen LogP) is 4.32. The highest BCUT2D eigenvalue weighted by Crippen LogP contribution is 2.26. The Morgan fingerprint density at radius 3 is 2.87 bits per heavy atom. The Morgan fingerprint density at radius 1 is 1.20 bits per heavy atom. The van der Waals surface area contributed by atoms with Crippen molar-refractivity contribution < 1.29 is 18.9 Å². The van der Waals surface area contributed by atoms with Crippen LogP contribution in [0, 0.1) is 10.1 Å². The number of carbonyl (C=O) groups is 1. The number of aromatic nitrogens is 1. The molecule has 0 saturated heterocycles. The molecule has 2 heterocycles. The Balaban J connectivity index is 1.39. The molecule has 1 amide bonds. The average molecular weight is 405 g/mol. The predicted molar refractivity (Wildman–Crippen MR) is 112 cm³/mol. The molecule has 0 bridgehead atoms. The van der Waals surface area contributed by atoms with E-state index in [1.165, 1.54) is 12.1 Å². The molecule has 30 heavy (non-hydrogen) atoms. The van der Waals surface area contributed by atoms with Crippen LogP contribution < -0.4 is 10.1 Å². The summed E-state index contributed by atoms with van der Waals surface area (Å²) < 4.78 is 10.8. The van der Waals surface area contributed by atoms with Gasteiger partial charge in [-0.15, -0.1) is 0 Å². The second-order valence-electron chi connectivity index (χ2n) is 6.70. The van der Waals surface area contributed by atoms with Gasteiger partial charge >= 0.3 is 0 Å². The summed E-state index contributed by atoms with van der Waals surface area (Å²) in [7, 11) is 1.62. The van der Waals surface area contributed by atoms with E-state index in [-0.39, 0.29) is 17.4 Å². The third-order valence-corrected chi connectivity index (χ3v) is 4.83. The van der Waals surface area contributed by atoms with Crippen LogP contribution in [0.5, 0.6) is 5.75 Å². The lowest BCUT2D eigenvalue weighted by Crippen LogP contribution is -2.25. The molecule has 0 saturated carbocycles. The fourth-order valence-corrected chi connectivity index (χ4v) is 3.28. The van der Waals surface area contributed by atoms with Crippen LogP contribution in [0.25, 0.3) is 22.2 Å². The smallest absolute Gasteiger partial charge is 0.287 e. The molecule has 0 atom stereocenters. The van der Waals surface area contributed by atoms with E-state index in [0.29, 0.717) is 24.3 Å². The SMILES string of the molecule is COc1ccc2c(CCNC(=O)c3ccc(-c4cccc([N+](=O)[O-])c4)o3)c[nH]c2c1. The minimum absolute atomic E-state index is 0.0359. The first kappa shape index (κ1) is 19.3. The standard InChI is InChI=1S/C22H19N3O5/c1-29-17-5-6-18-15(13-24-19(18)12-17)9-10-23-22(26)21-8-7-20(30-21)14-3-2-4-16(11-14)25(27)28/h2-8,11-13,24H,9-10H2,1H3,(H,23,26). The molecule has 2 aromatic heterocycles. The van der Waals surface area contributed by atoms with Crippen LogP contribution in [0.1, 0.15) is 16.1 Å². The van der Waals surface area contributed by atoms with Crippen LogP contribution in [0.15, 0.2) is 65.2 Å². The van der Waals surface area contributed by atoms with E-state index in [0.717, 1.165) is 22.2 Å². The lowest BCUT2D eigenvalue weighted by atomic mass is 10.1. The van der Waals surface area contributed by atoms with Gasteiger partial charge in [-0.3, -0.25) is 14.9 Å². The third kappa shape index (κ3) is 3.88. The molecule has 2 N–H and O–H groups in total. The number of nitro groups is 1. The van der Waals surface area contributed by atoms with E-state index in [2.05, 4.69) is 10.3 Å². The molecular weight excluding hydrogens is 386 g/mol. The summed E-state index contributed by atoms with van der Waals surface area (Å²) in [6, 6.07) is 15.1. The summed E-state index contributed by atoms with van der Waals surface area (Å²) in [6.45, 7) is 0.435. The van der Waals surface area contributed by atoms with Crippen molar-refractivity contribution in [2.75, 3.05) is 13.7 Å². The number of benzene rings is 2. The molecule has 0 fully saturated rings. The molecule has 2 aromatic carbocycles. The van der Waals surface area contributed by atoms with Gasteiger partial charge in [-0.05, 0) is 36.2 Å². The highest BCUT2D eigenvalue weighted by Gasteiger charge is 2.14. The summed E-state index contributed by atoms with van der Waals surface area (Å²) in [6.07, 6.45) is 2.57. The van der Waals surface area contributed by atoms with Gasteiger partial charge in [0, 0.05) is 47.4 Å². The first-order valence-corrected chi connectivity index (χ1v) is 9.32. The highest BCUT2D eigenvalue weighted by atomic mass is 16.6. The zero-order chi connectivity index (χ0) is 21.1. The lowest BCUT2D eigenvalue weighted by Gasteiger charge is -2.04. The number of nitrogens with zero attached hydrogens (tertiary/aromatic N) is 1. The minimum Gasteiger partial charge on any atom is -0.497 e. The van der Waals surface area contributed by atoms with Crippen molar-refractivity contribution in [3.05, 3.63) is 82.2 Å². The van der Waals surface area contributed by atoms with E-state index in [4.69, 9.17) is 9.15 Å². The Hall–Kier alpha value is -4.07. The molecule has 0 aliphatic carbocycles. The van der Waals surface area contributed by atoms with Crippen molar-refractivity contribution in [1.29, 1.82) is 0 Å². The summed E-state index contributed by atoms with van der Waals surface area (Å²) >= 11 is 0. The van der Waals surface area contributed by atoms with Crippen molar-refractivity contribution >= 4 is 22.5 Å². The summed E-state index contributed by atoms with van der Waals surface area (Å²) in [5, 5.41) is 14.8. The maximum Gasteiger partial charge on any atom is 0.287 e. The van der Waals surface area contributed by atoms with Crippen LogP contribution in [-0.4, -0.2) is 29.5 Å². The van der Waals surface area contributed by atoms with Crippen LogP contribution in [0.3, 0.4) is 0 Å². The van der Waals surface area contributed by atoms with Gasteiger partial charge in [0.15, 0.2) is 5.76 Å². The number of amides is 1. The first-order chi connectivity index (χ1) is 14.5. The molecule has 4 rings (SSSR count). The van der Waals surface area contributed by atoms with Gasteiger partial charge in [0.1, 0.15) is 11.5 Å². The monoisotopic (exact) mass is 405 g/mol. The molecule has 0 radical (unpaired) electrons. The number of aromatic amines is 1. The van der Waals surface area contributed by atoms with Gasteiger partial charge in [-0.1, -0.05) is 12.1 Å². The molecule has 0 aliphatic heterocycles. The number of hydrogen-bond acceptors (Lipinski definition) is 5. The molecule has 4 aromatic rings. The maximum atomic E-state index is 12.4. The Kier molecular flexibility index (Phi) is 5.21. The number of fused-ring (bicyclic) bond motifs is 1. The largest absolute Gasteiger partial charge is 0.497 e. The molecule has 0 unspecified atom stereocenters. The lowest BCUT2D eigenvalue weighted by molar-refractivity contribution is -0.384. The zero-order valence-corrected chi connectivity index (χ0v) is 16.2. The zero-order valence-electron chi connectivity index (χ0n) is 16.2. The quantitative estimate of drug-likeness (QED) is 0.351. The Labute approximate surface area is 171 Å². The topological polar surface area (TPSA) is 110 Å². The molecule has 0 spiro atoms. The molecule has 8 nitrogen and oxygen atoms in total. The maximum absolute atomic E-state index is 12.4. The van der Waals surface area contributed by atoms with E-state index in [9.17, 15) is 14.9 Å². The third-order valence-electron chi connectivity index (χ3n) is 4.83. The average Bonchev–Trinajstić information content (AvgIpc) is 3.41. The minimum atomic E-state index is -0.471. The van der Waals surface area contributed by atoms with Crippen LogP contribution in [-0.2, 0) is 6.42 Å². The second-order valence-corrected chi connectivity index (χ2v) is 6.70. The number of H-pyrrole nitrogens is 1. The van der Waals surface area contributed by atoms with Gasteiger partial charge in [0.25, 0.3) is 11.6 Å². The number of carbonyl (C=O) groups excluding carboxylic acids is 1. The number of hydrogen-bond donors (Lipinski definition) is 2. The normalized spacial score (nSPS) is 10.8. The van der Waals surface area contributed by atoms with Crippen molar-refractivity contribution in [2.45, 2.75) is 6.42 Å². The van der Waals surface area contributed by atoms with Gasteiger partial charge in [-0.25, -0.2) is 0 Å². The van der Waals surface area contributed by atoms with Crippen LogP contribution in [0.2, 0.25) is 0 Å². The number of ether oxygens (including phenoxy) is 1. The number of non-ortho nitro benzene ring substituents is 1. The molecule has 8 heteroatoms. The number of nitro benzene ring substituents is 1. The number of furan rings is 1. The number of nitrogens with one attached hydrogen (secondary N) is 2. The van der Waals surface area contributed by atoms with Gasteiger partial charge in [0.2, 0.25) is 0 Å². The molecular formula is C22H19N3O5. The Bertz CT molecular complexity index is 1220. The number of rotatable bonds is 7. The van der Waals surface area contributed by atoms with Crippen molar-refractivity contribution in [1.82, 2.24) is 10.3 Å². The van der Waals surface area contributed by atoms with Gasteiger partial charge in [0.05, 0.1) is 12.0 Å². The van der Waals surface area contributed by atoms with E-state index >= 15 is 0 Å². The highest BCUT2D eigenvalue weighted by molar-refractivity contribution is 5.92. The van der Waals surface area contributed by atoms with Crippen molar-refractivity contribution in [3.63, 3.8) is 0 Å². The summed E-state index contributed by atoms with van der Waals surface area (Å²) in [5.41, 5.74) is 2.57. The fourth-order valence-electron chi connectivity index (χ4n) is 3.28. The van der Waals surface area contributed by atoms with E-state index in [1.54, 1.807) is 31.4 Å². The summed E-state index contributed by atoms with van der Waals surface area (Å²) in [4.78, 5) is 26.1. The number of methoxy groups -OCH3 is 1. The van der Waals surface area contributed by atoms with E-state index < -0.39 is 4.92 Å². The van der Waals surface area contributed by atoms with Gasteiger partial charge < -0.3 is 19.5 Å². The fraction of sp³-hybridized carbons (Fsp3) is 0.136. The van der Waals surface area contributed by atoms with Crippen LogP contribution in [0.4, 0.5) is 5.69 Å². The second kappa shape index (κ2) is 8.12. The van der Waals surface area contributed by atoms with Crippen molar-refractivity contribution in [3.8, 4) is 17.1 Å². The van der Waals surface area contributed by atoms with Crippen LogP contribution >= 0.6 is 0 Å². The first-order valence-electron chi connectivity index (χ1n) is 9.32. The molecule has 0 aliphatic rings. The van der Waals surface area contributed by atoms with E-state index in [1.807, 2.05) is 24.4 Å².